The van der Waals surface area contributed by atoms with Gasteiger partial charge in [-0.25, -0.2) is 4.79 Å². The van der Waals surface area contributed by atoms with Crippen molar-refractivity contribution in [3.05, 3.63) is 34.2 Å². The summed E-state index contributed by atoms with van der Waals surface area (Å²) in [7, 11) is 1.62. The van der Waals surface area contributed by atoms with Crippen LogP contribution < -0.4 is 11.0 Å². The number of nitrogens with one attached hydrogen (secondary N) is 1. The molecular weight excluding hydrogens is 322 g/mol. The molecule has 5 nitrogen and oxygen atoms in total. The lowest BCUT2D eigenvalue weighted by Gasteiger charge is -2.30. The summed E-state index contributed by atoms with van der Waals surface area (Å²) < 4.78 is 3.48. The number of nitrogens with zero attached hydrogens (tertiary/aromatic N) is 2. The number of likely N-dealkylation sites (N-methyl/N-ethyl adjacent to an activating group) is 1. The summed E-state index contributed by atoms with van der Waals surface area (Å²) in [6, 6.07) is 5.32. The van der Waals surface area contributed by atoms with Crippen molar-refractivity contribution < 1.29 is 4.79 Å². The molecule has 0 radical (unpaired) electrons. The van der Waals surface area contributed by atoms with Gasteiger partial charge in [0.15, 0.2) is 0 Å². The van der Waals surface area contributed by atoms with Crippen molar-refractivity contribution in [1.29, 1.82) is 0 Å². The molecule has 2 rings (SSSR count). The molecule has 1 atom stereocenters. The summed E-state index contributed by atoms with van der Waals surface area (Å²) in [5.41, 5.74) is 2.30. The topological polar surface area (TPSA) is 56.0 Å². The van der Waals surface area contributed by atoms with E-state index in [1.54, 1.807) is 23.4 Å². The van der Waals surface area contributed by atoms with Gasteiger partial charge in [0.25, 0.3) is 0 Å². The minimum atomic E-state index is -0.560. The number of aryl methyl sites for hydroxylation is 2. The fourth-order valence-electron chi connectivity index (χ4n) is 3.19. The van der Waals surface area contributed by atoms with E-state index in [-0.39, 0.29) is 17.0 Å². The van der Waals surface area contributed by atoms with Gasteiger partial charge < -0.3 is 5.32 Å². The average Bonchev–Trinajstić information content (AvgIpc) is 2.78. The van der Waals surface area contributed by atoms with Crippen LogP contribution in [0.1, 0.15) is 32.4 Å². The van der Waals surface area contributed by atoms with Crippen molar-refractivity contribution in [3.63, 3.8) is 0 Å². The van der Waals surface area contributed by atoms with Crippen molar-refractivity contribution in [2.24, 2.45) is 5.41 Å². The Morgan fingerprint density at radius 3 is 2.54 bits per heavy atom. The number of rotatable bonds is 5. The number of benzene rings is 1. The Hall–Kier alpha value is -1.69. The number of thioether (sulfide) groups is 1. The Labute approximate surface area is 147 Å². The predicted molar refractivity (Wildman–Crippen MR) is 102 cm³/mol. The van der Waals surface area contributed by atoms with Crippen molar-refractivity contribution in [3.8, 4) is 0 Å². The standard InChI is InChI=1S/C18H27N3O2S/c1-12-8-7-9-13-14(12)20(10-11-24-6)17(23)21(13)15(16(22)19-5)18(2,3)4/h7-9,15H,10-11H2,1-6H3,(H,19,22)/t15-/m1/s1. The number of para-hydroxylation sites is 1. The van der Waals surface area contributed by atoms with Gasteiger partial charge >= 0.3 is 5.69 Å². The number of imidazole rings is 1. The van der Waals surface area contributed by atoms with Gasteiger partial charge in [0.2, 0.25) is 5.91 Å². The molecule has 0 aliphatic rings. The molecule has 24 heavy (non-hydrogen) atoms. The van der Waals surface area contributed by atoms with Crippen LogP contribution in [0.2, 0.25) is 0 Å². The van der Waals surface area contributed by atoms with E-state index >= 15 is 0 Å². The molecule has 0 bridgehead atoms. The number of carbonyl (C=O) groups excluding carboxylic acids is 1. The van der Waals surface area contributed by atoms with Crippen LogP contribution in [0.3, 0.4) is 0 Å². The number of amides is 1. The number of aromatic nitrogens is 2. The van der Waals surface area contributed by atoms with Crippen LogP contribution in [-0.4, -0.2) is 34.1 Å². The lowest BCUT2D eigenvalue weighted by molar-refractivity contribution is -0.126. The SMILES string of the molecule is CNC(=O)[C@@H](n1c(=O)n(CCSC)c2c(C)cccc21)C(C)(C)C. The molecule has 0 aliphatic heterocycles. The second-order valence-electron chi connectivity index (χ2n) is 7.12. The summed E-state index contributed by atoms with van der Waals surface area (Å²) in [5, 5.41) is 2.72. The van der Waals surface area contributed by atoms with Gasteiger partial charge in [0.05, 0.1) is 11.0 Å². The predicted octanol–water partition coefficient (Wildman–Crippen LogP) is 2.81. The molecule has 1 N–H and O–H groups in total. The number of carbonyl (C=O) groups is 1. The van der Waals surface area contributed by atoms with Crippen molar-refractivity contribution >= 4 is 28.7 Å². The molecular formula is C18H27N3O2S. The van der Waals surface area contributed by atoms with Crippen LogP contribution in [0.25, 0.3) is 11.0 Å². The maximum Gasteiger partial charge on any atom is 0.329 e. The summed E-state index contributed by atoms with van der Waals surface area (Å²) in [6.45, 7) is 8.60. The van der Waals surface area contributed by atoms with E-state index in [2.05, 4.69) is 5.32 Å². The number of hydrogen-bond donors (Lipinski definition) is 1. The smallest absolute Gasteiger partial charge is 0.329 e. The molecule has 0 saturated carbocycles. The molecule has 0 spiro atoms. The molecule has 0 aliphatic carbocycles. The molecule has 1 aromatic heterocycles. The van der Waals surface area contributed by atoms with Crippen molar-refractivity contribution in [1.82, 2.24) is 14.5 Å². The summed E-state index contributed by atoms with van der Waals surface area (Å²) >= 11 is 1.71. The zero-order chi connectivity index (χ0) is 18.1. The highest BCUT2D eigenvalue weighted by Gasteiger charge is 2.35. The van der Waals surface area contributed by atoms with E-state index in [1.165, 1.54) is 0 Å². The van der Waals surface area contributed by atoms with Gasteiger partial charge in [-0.3, -0.25) is 13.9 Å². The number of fused-ring (bicyclic) bond motifs is 1. The lowest BCUT2D eigenvalue weighted by atomic mass is 9.85. The van der Waals surface area contributed by atoms with E-state index in [9.17, 15) is 9.59 Å². The molecule has 6 heteroatoms. The molecule has 132 valence electrons. The van der Waals surface area contributed by atoms with Crippen LogP contribution in [0.4, 0.5) is 0 Å². The van der Waals surface area contributed by atoms with Gasteiger partial charge in [-0.15, -0.1) is 0 Å². The van der Waals surface area contributed by atoms with Crippen molar-refractivity contribution in [2.45, 2.75) is 40.3 Å². The van der Waals surface area contributed by atoms with E-state index < -0.39 is 6.04 Å². The average molecular weight is 350 g/mol. The Balaban J connectivity index is 2.83. The molecule has 1 amide bonds. The van der Waals surface area contributed by atoms with Crippen LogP contribution >= 0.6 is 11.8 Å². The third kappa shape index (κ3) is 3.24. The fraction of sp³-hybridized carbons (Fsp3) is 0.556. The quantitative estimate of drug-likeness (QED) is 0.903. The van der Waals surface area contributed by atoms with Crippen LogP contribution in [-0.2, 0) is 11.3 Å². The fourth-order valence-corrected chi connectivity index (χ4v) is 3.56. The highest BCUT2D eigenvalue weighted by molar-refractivity contribution is 7.98. The molecule has 0 unspecified atom stereocenters. The Morgan fingerprint density at radius 1 is 1.33 bits per heavy atom. The second kappa shape index (κ2) is 7.05. The Bertz CT molecular complexity index is 799. The third-order valence-electron chi connectivity index (χ3n) is 4.28. The van der Waals surface area contributed by atoms with Crippen LogP contribution in [0.5, 0.6) is 0 Å². The zero-order valence-electron chi connectivity index (χ0n) is 15.3. The lowest BCUT2D eigenvalue weighted by Crippen LogP contribution is -2.42. The first-order valence-corrected chi connectivity index (χ1v) is 9.54. The molecule has 2 aromatic rings. The minimum absolute atomic E-state index is 0.114. The van der Waals surface area contributed by atoms with Crippen LogP contribution in [0.15, 0.2) is 23.0 Å². The maximum atomic E-state index is 13.2. The second-order valence-corrected chi connectivity index (χ2v) is 8.11. The maximum absolute atomic E-state index is 13.2. The van der Waals surface area contributed by atoms with Crippen LogP contribution in [0, 0.1) is 12.3 Å². The molecule has 0 fully saturated rings. The summed E-state index contributed by atoms with van der Waals surface area (Å²) in [5.74, 6) is 0.711. The monoisotopic (exact) mass is 349 g/mol. The first-order chi connectivity index (χ1) is 11.2. The zero-order valence-corrected chi connectivity index (χ0v) is 16.2. The van der Waals surface area contributed by atoms with E-state index in [1.807, 2.05) is 56.7 Å². The normalized spacial score (nSPS) is 13.2. The molecule has 1 heterocycles. The van der Waals surface area contributed by atoms with E-state index in [4.69, 9.17) is 0 Å². The van der Waals surface area contributed by atoms with E-state index in [0.29, 0.717) is 6.54 Å². The highest BCUT2D eigenvalue weighted by atomic mass is 32.2. The third-order valence-corrected chi connectivity index (χ3v) is 4.87. The van der Waals surface area contributed by atoms with Crippen molar-refractivity contribution in [2.75, 3.05) is 19.1 Å². The molecule has 0 saturated heterocycles. The van der Waals surface area contributed by atoms with E-state index in [0.717, 1.165) is 22.3 Å². The summed E-state index contributed by atoms with van der Waals surface area (Å²) in [4.78, 5) is 25.8. The highest BCUT2D eigenvalue weighted by Crippen LogP contribution is 2.33. The van der Waals surface area contributed by atoms with Gasteiger partial charge in [-0.2, -0.15) is 11.8 Å². The summed E-state index contributed by atoms with van der Waals surface area (Å²) in [6.07, 6.45) is 2.03. The first-order valence-electron chi connectivity index (χ1n) is 8.15. The van der Waals surface area contributed by atoms with Gasteiger partial charge in [0.1, 0.15) is 6.04 Å². The minimum Gasteiger partial charge on any atom is -0.357 e. The van der Waals surface area contributed by atoms with Gasteiger partial charge in [0, 0.05) is 19.3 Å². The Kier molecular flexibility index (Phi) is 5.48. The first kappa shape index (κ1) is 18.6. The molecule has 1 aromatic carbocycles. The van der Waals surface area contributed by atoms with Gasteiger partial charge in [-0.1, -0.05) is 32.9 Å². The number of hydrogen-bond acceptors (Lipinski definition) is 3. The van der Waals surface area contributed by atoms with Gasteiger partial charge in [-0.05, 0) is 30.2 Å². The largest absolute Gasteiger partial charge is 0.357 e. The Morgan fingerprint density at radius 2 is 2.00 bits per heavy atom.